The highest BCUT2D eigenvalue weighted by Crippen LogP contribution is 2.66. The van der Waals surface area contributed by atoms with Gasteiger partial charge >= 0.3 is 0 Å². The van der Waals surface area contributed by atoms with Gasteiger partial charge in [0.15, 0.2) is 0 Å². The molecule has 0 saturated heterocycles. The number of para-hydroxylation sites is 1. The van der Waals surface area contributed by atoms with Crippen LogP contribution in [0.3, 0.4) is 0 Å². The van der Waals surface area contributed by atoms with Gasteiger partial charge in [-0.25, -0.2) is 0 Å². The van der Waals surface area contributed by atoms with Crippen molar-refractivity contribution in [3.8, 4) is 0 Å². The van der Waals surface area contributed by atoms with Crippen LogP contribution in [0.1, 0.15) is 117 Å². The van der Waals surface area contributed by atoms with Gasteiger partial charge in [-0.15, -0.1) is 0 Å². The summed E-state index contributed by atoms with van der Waals surface area (Å²) in [5, 5.41) is 0. The molecule has 0 aromatic heterocycles. The molecule has 64 heavy (non-hydrogen) atoms. The minimum absolute atomic E-state index is 0.0538. The lowest BCUT2D eigenvalue weighted by atomic mass is 9.33. The van der Waals surface area contributed by atoms with Gasteiger partial charge in [-0.3, -0.25) is 0 Å². The number of hydrogen-bond donors (Lipinski definition) is 0. The quantitative estimate of drug-likeness (QED) is 0.164. The molecule has 0 amide bonds. The Morgan fingerprint density at radius 1 is 0.594 bits per heavy atom. The van der Waals surface area contributed by atoms with E-state index in [1.165, 1.54) is 114 Å². The minimum atomic E-state index is -0.280. The van der Waals surface area contributed by atoms with Crippen LogP contribution in [0.15, 0.2) is 146 Å². The molecule has 316 valence electrons. The van der Waals surface area contributed by atoms with E-state index in [-0.39, 0.29) is 28.6 Å². The highest BCUT2D eigenvalue weighted by atomic mass is 15.3. The molecular weight excluding hydrogens is 773 g/mol. The van der Waals surface area contributed by atoms with Crippen molar-refractivity contribution < 1.29 is 0 Å². The van der Waals surface area contributed by atoms with Gasteiger partial charge in [0.25, 0.3) is 6.71 Å². The first-order chi connectivity index (χ1) is 30.9. The van der Waals surface area contributed by atoms with Crippen LogP contribution < -0.4 is 31.1 Å². The summed E-state index contributed by atoms with van der Waals surface area (Å²) in [5.74, 6) is 0.359. The van der Waals surface area contributed by atoms with Gasteiger partial charge < -0.3 is 14.7 Å². The normalized spacial score (nSPS) is 24.3. The van der Waals surface area contributed by atoms with E-state index in [4.69, 9.17) is 0 Å². The SMILES string of the molecule is Cc1ccc(N2c3ccc(C)cc3B3c4cccc5c4N(c4cc(N6c7ccc(C(C)(C)C)cc7C7CCc8ccccc8C76C)cc2c43)C2(C)CCCCC52c2ccccc2)cc1. The standard InChI is InChI=1S/C60H58BN3/c1-38-22-27-43(28-23-38)62-52-30-24-39(2)34-50(52)61-49-21-15-20-48-56(49)64(58(6)32-13-14-33-60(48,58)41-17-9-8-10-18-41)54-37-44(36-53(62)55(54)61)63-51-31-26-42(57(3,4)5)35-45(51)47-29-25-40-16-11-12-19-46(40)59(47,63)7/h8-12,15-24,26-28,30-31,34-37,47H,13-14,25,29,32-33H2,1-7H3. The summed E-state index contributed by atoms with van der Waals surface area (Å²) in [6, 6.07) is 57.7. The maximum atomic E-state index is 2.92. The van der Waals surface area contributed by atoms with Crippen molar-refractivity contribution in [2.75, 3.05) is 14.7 Å². The fraction of sp³-hybridized carbons (Fsp3) is 0.300. The van der Waals surface area contributed by atoms with Gasteiger partial charge in [-0.1, -0.05) is 154 Å². The van der Waals surface area contributed by atoms with Gasteiger partial charge in [0, 0.05) is 51.1 Å². The van der Waals surface area contributed by atoms with E-state index in [0.717, 1.165) is 25.7 Å². The summed E-state index contributed by atoms with van der Waals surface area (Å²) in [6.45, 7) is 16.9. The van der Waals surface area contributed by atoms with E-state index in [0.29, 0.717) is 5.92 Å². The molecule has 6 aliphatic rings. The molecular formula is C60H58BN3. The first kappa shape index (κ1) is 38.5. The highest BCUT2D eigenvalue weighted by molar-refractivity contribution is 7.00. The number of hydrogen-bond acceptors (Lipinski definition) is 3. The Morgan fingerprint density at radius 3 is 2.12 bits per heavy atom. The average Bonchev–Trinajstić information content (AvgIpc) is 3.71. The van der Waals surface area contributed by atoms with Crippen LogP contribution >= 0.6 is 0 Å². The second-order valence-electron chi connectivity index (χ2n) is 21.7. The number of benzene rings is 7. The summed E-state index contributed by atoms with van der Waals surface area (Å²) < 4.78 is 0. The lowest BCUT2D eigenvalue weighted by molar-refractivity contribution is 0.215. The molecule has 4 atom stereocenters. The first-order valence-corrected chi connectivity index (χ1v) is 24.1. The fourth-order valence-electron chi connectivity index (χ4n) is 14.4. The summed E-state index contributed by atoms with van der Waals surface area (Å²) in [5.41, 5.74) is 24.4. The Labute approximate surface area is 380 Å². The van der Waals surface area contributed by atoms with Crippen LogP contribution in [0.4, 0.5) is 39.8 Å². The Bertz CT molecular complexity index is 3090. The third-order valence-electron chi connectivity index (χ3n) is 17.3. The number of rotatable bonds is 3. The van der Waals surface area contributed by atoms with Gasteiger partial charge in [0.2, 0.25) is 0 Å². The van der Waals surface area contributed by atoms with E-state index in [1.807, 2.05) is 0 Å². The van der Waals surface area contributed by atoms with Crippen molar-refractivity contribution in [1.82, 2.24) is 0 Å². The first-order valence-electron chi connectivity index (χ1n) is 24.1. The number of fused-ring (bicyclic) bond motifs is 12. The smallest absolute Gasteiger partial charge is 0.252 e. The summed E-state index contributed by atoms with van der Waals surface area (Å²) >= 11 is 0. The van der Waals surface area contributed by atoms with Crippen LogP contribution in [0.25, 0.3) is 0 Å². The second-order valence-corrected chi connectivity index (χ2v) is 21.7. The molecule has 7 aromatic rings. The molecule has 7 aromatic carbocycles. The lowest BCUT2D eigenvalue weighted by Crippen LogP contribution is -2.65. The van der Waals surface area contributed by atoms with Crippen LogP contribution in [0, 0.1) is 13.8 Å². The van der Waals surface area contributed by atoms with Crippen LogP contribution in [0.2, 0.25) is 0 Å². The van der Waals surface area contributed by atoms with Crippen molar-refractivity contribution in [2.24, 2.45) is 0 Å². The van der Waals surface area contributed by atoms with Gasteiger partial charge in [0.1, 0.15) is 0 Å². The Balaban J connectivity index is 1.16. The fourth-order valence-corrected chi connectivity index (χ4v) is 14.4. The second kappa shape index (κ2) is 13.1. The zero-order valence-electron chi connectivity index (χ0n) is 38.6. The van der Waals surface area contributed by atoms with E-state index < -0.39 is 0 Å². The van der Waals surface area contributed by atoms with Crippen molar-refractivity contribution in [3.63, 3.8) is 0 Å². The zero-order chi connectivity index (χ0) is 43.5. The van der Waals surface area contributed by atoms with E-state index in [2.05, 4.69) is 209 Å². The molecule has 0 bridgehead atoms. The highest BCUT2D eigenvalue weighted by Gasteiger charge is 2.64. The third-order valence-corrected chi connectivity index (χ3v) is 17.3. The Hall–Kier alpha value is -6.00. The molecule has 13 rings (SSSR count). The molecule has 4 heteroatoms. The van der Waals surface area contributed by atoms with Crippen LogP contribution in [-0.4, -0.2) is 12.3 Å². The van der Waals surface area contributed by atoms with Gasteiger partial charge in [-0.05, 0) is 145 Å². The molecule has 4 heterocycles. The van der Waals surface area contributed by atoms with Crippen molar-refractivity contribution in [1.29, 1.82) is 0 Å². The van der Waals surface area contributed by atoms with E-state index in [1.54, 1.807) is 0 Å². The maximum Gasteiger partial charge on any atom is 0.252 e. The molecule has 0 N–H and O–H groups in total. The molecule has 0 spiro atoms. The molecule has 4 aliphatic heterocycles. The molecule has 1 fully saturated rings. The Morgan fingerprint density at radius 2 is 1.31 bits per heavy atom. The molecule has 0 radical (unpaired) electrons. The largest absolute Gasteiger partial charge is 0.335 e. The van der Waals surface area contributed by atoms with Crippen molar-refractivity contribution in [3.05, 3.63) is 190 Å². The topological polar surface area (TPSA) is 9.72 Å². The maximum absolute atomic E-state index is 2.92. The molecule has 3 nitrogen and oxygen atoms in total. The van der Waals surface area contributed by atoms with Crippen LogP contribution in [-0.2, 0) is 22.8 Å². The Kier molecular flexibility index (Phi) is 7.85. The van der Waals surface area contributed by atoms with Crippen molar-refractivity contribution >= 4 is 62.9 Å². The number of nitrogens with zero attached hydrogens (tertiary/aromatic N) is 3. The summed E-state index contributed by atoms with van der Waals surface area (Å²) in [7, 11) is 0. The third kappa shape index (κ3) is 4.79. The predicted molar refractivity (Wildman–Crippen MR) is 270 cm³/mol. The van der Waals surface area contributed by atoms with E-state index >= 15 is 0 Å². The van der Waals surface area contributed by atoms with Crippen molar-refractivity contribution in [2.45, 2.75) is 115 Å². The average molecular weight is 832 g/mol. The molecule has 1 saturated carbocycles. The van der Waals surface area contributed by atoms with Gasteiger partial charge in [-0.2, -0.15) is 0 Å². The van der Waals surface area contributed by atoms with Crippen LogP contribution in [0.5, 0.6) is 0 Å². The predicted octanol–water partition coefficient (Wildman–Crippen LogP) is 13.1. The molecule has 4 unspecified atom stereocenters. The lowest BCUT2D eigenvalue weighted by Gasteiger charge is -2.54. The summed E-state index contributed by atoms with van der Waals surface area (Å²) in [4.78, 5) is 8.36. The molecule has 2 aliphatic carbocycles. The van der Waals surface area contributed by atoms with E-state index in [9.17, 15) is 0 Å². The minimum Gasteiger partial charge on any atom is -0.335 e. The number of anilines is 7. The summed E-state index contributed by atoms with van der Waals surface area (Å²) in [6.07, 6.45) is 6.96. The number of aryl methyl sites for hydroxylation is 3. The monoisotopic (exact) mass is 831 g/mol. The zero-order valence-corrected chi connectivity index (χ0v) is 38.6. The van der Waals surface area contributed by atoms with Gasteiger partial charge in [0.05, 0.1) is 11.1 Å².